The molecule has 0 fully saturated rings. The van der Waals surface area contributed by atoms with E-state index < -0.39 is 0 Å². The van der Waals surface area contributed by atoms with Gasteiger partial charge in [0.1, 0.15) is 0 Å². The van der Waals surface area contributed by atoms with Gasteiger partial charge in [0, 0.05) is 13.2 Å². The van der Waals surface area contributed by atoms with E-state index in [1.54, 1.807) is 0 Å². The first-order valence-electron chi connectivity index (χ1n) is 6.15. The predicted molar refractivity (Wildman–Crippen MR) is 60.6 cm³/mol. The van der Waals surface area contributed by atoms with Crippen LogP contribution in [0.15, 0.2) is 0 Å². The molecule has 0 rings (SSSR count). The normalized spacial score (nSPS) is 10.8. The first-order valence-corrected chi connectivity index (χ1v) is 6.15. The van der Waals surface area contributed by atoms with Crippen LogP contribution in [0, 0.1) is 0 Å². The van der Waals surface area contributed by atoms with Gasteiger partial charge in [-0.05, 0) is 19.8 Å². The summed E-state index contributed by atoms with van der Waals surface area (Å²) in [7, 11) is 0. The summed E-state index contributed by atoms with van der Waals surface area (Å²) in [4.78, 5) is 0. The molecule has 15 heavy (non-hydrogen) atoms. The van der Waals surface area contributed by atoms with Gasteiger partial charge < -0.3 is 9.47 Å². The van der Waals surface area contributed by atoms with Gasteiger partial charge in [-0.3, -0.25) is 0 Å². The van der Waals surface area contributed by atoms with Crippen molar-refractivity contribution in [1.82, 2.24) is 0 Å². The van der Waals surface area contributed by atoms with Crippen molar-refractivity contribution in [2.45, 2.75) is 45.4 Å². The molecule has 91 valence electrons. The van der Waals surface area contributed by atoms with Crippen molar-refractivity contribution in [3.05, 3.63) is 0 Å². The highest BCUT2D eigenvalue weighted by Gasteiger charge is 1.92. The molecule has 0 aliphatic heterocycles. The average Bonchev–Trinajstić information content (AvgIpc) is 2.26. The SMILES string of the molecule is CCOCCOCCCCCCCC[O]. The molecule has 0 bridgehead atoms. The minimum Gasteiger partial charge on any atom is -0.379 e. The average molecular weight is 217 g/mol. The quantitative estimate of drug-likeness (QED) is 0.471. The van der Waals surface area contributed by atoms with E-state index in [9.17, 15) is 5.11 Å². The molecule has 0 saturated heterocycles. The molecule has 0 aromatic rings. The van der Waals surface area contributed by atoms with Crippen molar-refractivity contribution in [2.75, 3.05) is 33.0 Å². The summed E-state index contributed by atoms with van der Waals surface area (Å²) in [6.45, 7) is 5.10. The number of unbranched alkanes of at least 4 members (excludes halogenated alkanes) is 5. The maximum absolute atomic E-state index is 10.2. The molecule has 0 spiro atoms. The van der Waals surface area contributed by atoms with Crippen molar-refractivity contribution >= 4 is 0 Å². The summed E-state index contributed by atoms with van der Waals surface area (Å²) in [5.41, 5.74) is 0. The second-order valence-electron chi connectivity index (χ2n) is 3.63. The molecule has 0 aromatic heterocycles. The molecular weight excluding hydrogens is 192 g/mol. The zero-order valence-electron chi connectivity index (χ0n) is 10.0. The highest BCUT2D eigenvalue weighted by Crippen LogP contribution is 2.04. The monoisotopic (exact) mass is 217 g/mol. The predicted octanol–water partition coefficient (Wildman–Crippen LogP) is 2.81. The third-order valence-electron chi connectivity index (χ3n) is 2.26. The first-order chi connectivity index (χ1) is 7.41. The number of ether oxygens (including phenoxy) is 2. The van der Waals surface area contributed by atoms with Crippen LogP contribution in [0.1, 0.15) is 45.4 Å². The van der Waals surface area contributed by atoms with Crippen LogP contribution in [0.2, 0.25) is 0 Å². The van der Waals surface area contributed by atoms with Crippen LogP contribution in [0.25, 0.3) is 0 Å². The molecule has 0 heterocycles. The highest BCUT2D eigenvalue weighted by molar-refractivity contribution is 4.44. The topological polar surface area (TPSA) is 38.4 Å². The third kappa shape index (κ3) is 13.9. The van der Waals surface area contributed by atoms with Gasteiger partial charge in [-0.1, -0.05) is 25.7 Å². The lowest BCUT2D eigenvalue weighted by atomic mass is 10.1. The Morgan fingerprint density at radius 3 is 2.00 bits per heavy atom. The van der Waals surface area contributed by atoms with Gasteiger partial charge in [0.25, 0.3) is 0 Å². The van der Waals surface area contributed by atoms with E-state index in [1.165, 1.54) is 19.3 Å². The van der Waals surface area contributed by atoms with Crippen molar-refractivity contribution in [1.29, 1.82) is 0 Å². The van der Waals surface area contributed by atoms with Gasteiger partial charge in [-0.25, -0.2) is 5.11 Å². The number of rotatable bonds is 12. The highest BCUT2D eigenvalue weighted by atomic mass is 16.5. The molecule has 0 aromatic carbocycles. The molecule has 0 N–H and O–H groups in total. The van der Waals surface area contributed by atoms with E-state index in [-0.39, 0.29) is 6.61 Å². The molecule has 0 unspecified atom stereocenters. The smallest absolute Gasteiger partial charge is 0.0822 e. The fraction of sp³-hybridized carbons (Fsp3) is 1.00. The Morgan fingerprint density at radius 1 is 0.733 bits per heavy atom. The maximum atomic E-state index is 10.2. The van der Waals surface area contributed by atoms with Gasteiger partial charge in [0.2, 0.25) is 0 Å². The van der Waals surface area contributed by atoms with Crippen molar-refractivity contribution in [2.24, 2.45) is 0 Å². The Hall–Kier alpha value is -0.120. The Labute approximate surface area is 93.8 Å². The van der Waals surface area contributed by atoms with E-state index in [2.05, 4.69) is 0 Å². The molecule has 1 radical (unpaired) electrons. The van der Waals surface area contributed by atoms with E-state index >= 15 is 0 Å². The van der Waals surface area contributed by atoms with Gasteiger partial charge in [-0.2, -0.15) is 0 Å². The van der Waals surface area contributed by atoms with Gasteiger partial charge >= 0.3 is 0 Å². The van der Waals surface area contributed by atoms with Crippen LogP contribution in [0.4, 0.5) is 0 Å². The third-order valence-corrected chi connectivity index (χ3v) is 2.26. The fourth-order valence-electron chi connectivity index (χ4n) is 1.38. The second kappa shape index (κ2) is 13.9. The summed E-state index contributed by atoms with van der Waals surface area (Å²) in [5, 5.41) is 10.2. The van der Waals surface area contributed by atoms with Crippen LogP contribution in [-0.4, -0.2) is 33.0 Å². The standard InChI is InChI=1S/C12H25O3/c1-2-14-11-12-15-10-8-6-4-3-5-7-9-13/h2-12H2,1H3. The minimum atomic E-state index is 0.0839. The summed E-state index contributed by atoms with van der Waals surface area (Å²) in [5.74, 6) is 0. The molecule has 3 heteroatoms. The van der Waals surface area contributed by atoms with E-state index in [0.29, 0.717) is 13.2 Å². The van der Waals surface area contributed by atoms with Gasteiger partial charge in [-0.15, -0.1) is 0 Å². The number of hydrogen-bond donors (Lipinski definition) is 0. The summed E-state index contributed by atoms with van der Waals surface area (Å²) >= 11 is 0. The van der Waals surface area contributed by atoms with Crippen molar-refractivity contribution in [3.63, 3.8) is 0 Å². The van der Waals surface area contributed by atoms with E-state index in [4.69, 9.17) is 9.47 Å². The molecule has 0 amide bonds. The summed E-state index contributed by atoms with van der Waals surface area (Å²) < 4.78 is 10.5. The van der Waals surface area contributed by atoms with Gasteiger partial charge in [0.05, 0.1) is 19.8 Å². The molecule has 0 saturated carbocycles. The molecule has 3 nitrogen and oxygen atoms in total. The lowest BCUT2D eigenvalue weighted by Gasteiger charge is -2.04. The molecular formula is C12H25O3. The Balaban J connectivity index is 2.81. The van der Waals surface area contributed by atoms with Crippen LogP contribution in [-0.2, 0) is 14.6 Å². The lowest BCUT2D eigenvalue weighted by molar-refractivity contribution is 0.0512. The van der Waals surface area contributed by atoms with Crippen LogP contribution in [0.3, 0.4) is 0 Å². The van der Waals surface area contributed by atoms with Crippen LogP contribution >= 0.6 is 0 Å². The minimum absolute atomic E-state index is 0.0839. The van der Waals surface area contributed by atoms with Crippen LogP contribution in [0.5, 0.6) is 0 Å². The largest absolute Gasteiger partial charge is 0.379 e. The first kappa shape index (κ1) is 14.9. The van der Waals surface area contributed by atoms with Gasteiger partial charge in [0.15, 0.2) is 0 Å². The van der Waals surface area contributed by atoms with Crippen molar-refractivity contribution < 1.29 is 14.6 Å². The summed E-state index contributed by atoms with van der Waals surface area (Å²) in [6.07, 6.45) is 6.70. The Kier molecular flexibility index (Phi) is 13.8. The lowest BCUT2D eigenvalue weighted by Crippen LogP contribution is -2.04. The number of hydrogen-bond acceptors (Lipinski definition) is 2. The van der Waals surface area contributed by atoms with Crippen molar-refractivity contribution in [3.8, 4) is 0 Å². The Morgan fingerprint density at radius 2 is 1.33 bits per heavy atom. The van der Waals surface area contributed by atoms with E-state index in [0.717, 1.165) is 32.5 Å². The van der Waals surface area contributed by atoms with Crippen LogP contribution < -0.4 is 0 Å². The summed E-state index contributed by atoms with van der Waals surface area (Å²) in [6, 6.07) is 0. The molecule has 0 atom stereocenters. The molecule has 0 aliphatic rings. The fourth-order valence-corrected chi connectivity index (χ4v) is 1.38. The zero-order chi connectivity index (χ0) is 11.2. The zero-order valence-corrected chi connectivity index (χ0v) is 10.0. The van der Waals surface area contributed by atoms with E-state index in [1.807, 2.05) is 6.92 Å². The Bertz CT molecular complexity index is 95.0. The maximum Gasteiger partial charge on any atom is 0.0822 e. The second-order valence-corrected chi connectivity index (χ2v) is 3.63. The molecule has 0 aliphatic carbocycles.